The Balaban J connectivity index is 0.000000249. The van der Waals surface area contributed by atoms with Gasteiger partial charge in [-0.2, -0.15) is 8.42 Å². The summed E-state index contributed by atoms with van der Waals surface area (Å²) in [4.78, 5) is 13.2. The molecule has 0 saturated carbocycles. The summed E-state index contributed by atoms with van der Waals surface area (Å²) in [6.07, 6.45) is 0.715. The molecule has 92 valence electrons. The number of hydrogen-bond donors (Lipinski definition) is 2. The first-order chi connectivity index (χ1) is 7.77. The highest BCUT2D eigenvalue weighted by Gasteiger charge is 1.98. The topological polar surface area (TPSA) is 87.2 Å². The van der Waals surface area contributed by atoms with Crippen LogP contribution in [-0.2, 0) is 10.1 Å². The highest BCUT2D eigenvalue weighted by atomic mass is 32.2. The van der Waals surface area contributed by atoms with E-state index in [4.69, 9.17) is 4.55 Å². The Labute approximate surface area is 96.7 Å². The van der Waals surface area contributed by atoms with Crippen LogP contribution in [0.15, 0.2) is 35.1 Å². The molecule has 1 heterocycles. The van der Waals surface area contributed by atoms with Crippen molar-refractivity contribution >= 4 is 21.0 Å². The predicted octanol–water partition coefficient (Wildman–Crippen LogP) is 1.17. The predicted molar refractivity (Wildman–Crippen MR) is 62.0 cm³/mol. The van der Waals surface area contributed by atoms with Crippen LogP contribution < -0.4 is 5.56 Å². The molecule has 2 N–H and O–H groups in total. The summed E-state index contributed by atoms with van der Waals surface area (Å²) < 4.78 is 38.6. The van der Waals surface area contributed by atoms with Crippen molar-refractivity contribution in [1.29, 1.82) is 0 Å². The summed E-state index contributed by atoms with van der Waals surface area (Å²) in [5.41, 5.74) is -0.0161. The highest BCUT2D eigenvalue weighted by molar-refractivity contribution is 7.85. The molecule has 0 spiro atoms. The fourth-order valence-corrected chi connectivity index (χ4v) is 1.12. The Morgan fingerprint density at radius 3 is 2.41 bits per heavy atom. The van der Waals surface area contributed by atoms with Crippen molar-refractivity contribution in [3.8, 4) is 0 Å². The number of rotatable bonds is 0. The molecule has 0 fully saturated rings. The SMILES string of the molecule is CS(=O)(=O)O.O=c1[nH]c2ccccc2cc1F. The van der Waals surface area contributed by atoms with Crippen molar-refractivity contribution in [2.24, 2.45) is 0 Å². The Kier molecular flexibility index (Phi) is 3.97. The van der Waals surface area contributed by atoms with Gasteiger partial charge in [0.05, 0.1) is 6.26 Å². The third kappa shape index (κ3) is 4.75. The molecular weight excluding hydrogens is 249 g/mol. The maximum absolute atomic E-state index is 12.7. The van der Waals surface area contributed by atoms with Gasteiger partial charge in [-0.05, 0) is 12.1 Å². The number of aromatic amines is 1. The van der Waals surface area contributed by atoms with E-state index in [1.165, 1.54) is 6.07 Å². The van der Waals surface area contributed by atoms with Crippen LogP contribution in [0, 0.1) is 5.82 Å². The molecule has 2 rings (SSSR count). The Morgan fingerprint density at radius 2 is 1.82 bits per heavy atom. The molecule has 0 atom stereocenters. The summed E-state index contributed by atoms with van der Waals surface area (Å²) in [5.74, 6) is -0.742. The average molecular weight is 259 g/mol. The molecule has 2 aromatic rings. The van der Waals surface area contributed by atoms with E-state index in [2.05, 4.69) is 4.98 Å². The summed E-state index contributed by atoms with van der Waals surface area (Å²) in [7, 11) is -3.67. The zero-order valence-electron chi connectivity index (χ0n) is 8.84. The second-order valence-corrected chi connectivity index (χ2v) is 4.73. The van der Waals surface area contributed by atoms with Crippen molar-refractivity contribution in [2.45, 2.75) is 0 Å². The van der Waals surface area contributed by atoms with E-state index in [0.29, 0.717) is 17.2 Å². The molecule has 7 heteroatoms. The fourth-order valence-electron chi connectivity index (χ4n) is 1.12. The minimum absolute atomic E-state index is 0.656. The molecule has 1 aromatic carbocycles. The van der Waals surface area contributed by atoms with Crippen LogP contribution in [0.25, 0.3) is 10.9 Å². The first kappa shape index (κ1) is 13.3. The standard InChI is InChI=1S/C9H6FNO.CH4O3S/c10-7-5-6-3-1-2-4-8(6)11-9(7)12;1-5(2,3)4/h1-5H,(H,11,12);1H3,(H,2,3,4). The van der Waals surface area contributed by atoms with E-state index in [1.807, 2.05) is 0 Å². The molecule has 0 bridgehead atoms. The van der Waals surface area contributed by atoms with Crippen molar-refractivity contribution in [2.75, 3.05) is 6.26 Å². The van der Waals surface area contributed by atoms with Gasteiger partial charge in [-0.25, -0.2) is 4.39 Å². The number of para-hydroxylation sites is 1. The van der Waals surface area contributed by atoms with Gasteiger partial charge in [0.1, 0.15) is 0 Å². The van der Waals surface area contributed by atoms with Crippen LogP contribution in [0.1, 0.15) is 0 Å². The minimum atomic E-state index is -3.67. The van der Waals surface area contributed by atoms with E-state index in [0.717, 1.165) is 0 Å². The number of pyridine rings is 1. The second kappa shape index (κ2) is 5.07. The van der Waals surface area contributed by atoms with Crippen LogP contribution in [0.3, 0.4) is 0 Å². The lowest BCUT2D eigenvalue weighted by molar-refractivity contribution is 0.490. The molecule has 0 radical (unpaired) electrons. The highest BCUT2D eigenvalue weighted by Crippen LogP contribution is 2.08. The molecule has 0 unspecified atom stereocenters. The first-order valence-corrected chi connectivity index (χ1v) is 6.32. The number of benzene rings is 1. The van der Waals surface area contributed by atoms with Crippen LogP contribution in [0.2, 0.25) is 0 Å². The van der Waals surface area contributed by atoms with Crippen molar-refractivity contribution in [3.63, 3.8) is 0 Å². The fraction of sp³-hybridized carbons (Fsp3) is 0.100. The summed E-state index contributed by atoms with van der Waals surface area (Å²) in [6, 6.07) is 8.29. The summed E-state index contributed by atoms with van der Waals surface area (Å²) >= 11 is 0. The number of aromatic nitrogens is 1. The molecule has 0 amide bonds. The van der Waals surface area contributed by atoms with Crippen LogP contribution in [0.5, 0.6) is 0 Å². The van der Waals surface area contributed by atoms with E-state index in [-0.39, 0.29) is 0 Å². The van der Waals surface area contributed by atoms with Gasteiger partial charge in [-0.1, -0.05) is 18.2 Å². The van der Waals surface area contributed by atoms with Gasteiger partial charge in [-0.15, -0.1) is 0 Å². The van der Waals surface area contributed by atoms with Gasteiger partial charge in [0.15, 0.2) is 5.82 Å². The Hall–Kier alpha value is -1.73. The van der Waals surface area contributed by atoms with Gasteiger partial charge in [0, 0.05) is 10.9 Å². The molecule has 1 aromatic heterocycles. The molecule has 0 aliphatic heterocycles. The number of nitrogens with one attached hydrogen (secondary N) is 1. The smallest absolute Gasteiger partial charge is 0.284 e. The lowest BCUT2D eigenvalue weighted by Gasteiger charge is -1.95. The normalized spacial score (nSPS) is 10.8. The van der Waals surface area contributed by atoms with Gasteiger partial charge in [0.25, 0.3) is 15.7 Å². The lowest BCUT2D eigenvalue weighted by atomic mass is 10.2. The number of H-pyrrole nitrogens is 1. The lowest BCUT2D eigenvalue weighted by Crippen LogP contribution is -2.09. The van der Waals surface area contributed by atoms with Gasteiger partial charge >= 0.3 is 0 Å². The van der Waals surface area contributed by atoms with Crippen LogP contribution >= 0.6 is 0 Å². The zero-order chi connectivity index (χ0) is 13.1. The molecule has 0 saturated heterocycles. The minimum Gasteiger partial charge on any atom is -0.319 e. The number of halogens is 1. The quantitative estimate of drug-likeness (QED) is 0.695. The largest absolute Gasteiger partial charge is 0.319 e. The molecule has 5 nitrogen and oxygen atoms in total. The van der Waals surface area contributed by atoms with Crippen molar-refractivity contribution < 1.29 is 17.4 Å². The van der Waals surface area contributed by atoms with E-state index in [9.17, 15) is 17.6 Å². The average Bonchev–Trinajstić information content (AvgIpc) is 2.17. The maximum Gasteiger partial charge on any atom is 0.284 e. The number of hydrogen-bond acceptors (Lipinski definition) is 3. The molecule has 0 aliphatic rings. The van der Waals surface area contributed by atoms with Gasteiger partial charge in [-0.3, -0.25) is 9.35 Å². The third-order valence-corrected chi connectivity index (χ3v) is 1.71. The number of fused-ring (bicyclic) bond motifs is 1. The third-order valence-electron chi connectivity index (χ3n) is 1.71. The monoisotopic (exact) mass is 259 g/mol. The molecule has 17 heavy (non-hydrogen) atoms. The van der Waals surface area contributed by atoms with Crippen LogP contribution in [-0.4, -0.2) is 24.2 Å². The van der Waals surface area contributed by atoms with E-state index in [1.54, 1.807) is 24.3 Å². The summed E-state index contributed by atoms with van der Waals surface area (Å²) in [5, 5.41) is 0.703. The Morgan fingerprint density at radius 1 is 1.29 bits per heavy atom. The van der Waals surface area contributed by atoms with Crippen LogP contribution in [0.4, 0.5) is 4.39 Å². The first-order valence-electron chi connectivity index (χ1n) is 4.47. The second-order valence-electron chi connectivity index (χ2n) is 3.27. The summed E-state index contributed by atoms with van der Waals surface area (Å²) in [6.45, 7) is 0. The van der Waals surface area contributed by atoms with Gasteiger partial charge < -0.3 is 4.98 Å². The van der Waals surface area contributed by atoms with E-state index < -0.39 is 21.5 Å². The maximum atomic E-state index is 12.7. The molecule has 0 aliphatic carbocycles. The van der Waals surface area contributed by atoms with E-state index >= 15 is 0 Å². The van der Waals surface area contributed by atoms with Gasteiger partial charge in [0.2, 0.25) is 0 Å². The zero-order valence-corrected chi connectivity index (χ0v) is 9.66. The van der Waals surface area contributed by atoms with Crippen molar-refractivity contribution in [1.82, 2.24) is 4.98 Å². The Bertz CT molecular complexity index is 670. The molecular formula is C10H10FNO4S. The van der Waals surface area contributed by atoms with Crippen molar-refractivity contribution in [3.05, 3.63) is 46.5 Å².